The van der Waals surface area contributed by atoms with Gasteiger partial charge in [0.05, 0.1) is 27.2 Å². The molecule has 0 saturated carbocycles. The number of halogens is 3. The molecule has 0 radical (unpaired) electrons. The van der Waals surface area contributed by atoms with Crippen LogP contribution in [0.2, 0.25) is 5.02 Å². The zero-order valence-electron chi connectivity index (χ0n) is 18.1. The monoisotopic (exact) mass is 477 g/mol. The lowest BCUT2D eigenvalue weighted by Gasteiger charge is -2.21. The van der Waals surface area contributed by atoms with Gasteiger partial charge >= 0.3 is 6.03 Å². The molecule has 2 aromatic carbocycles. The largest absolute Gasteiger partial charge is 0.388 e. The van der Waals surface area contributed by atoms with Gasteiger partial charge in [-0.1, -0.05) is 17.7 Å². The van der Waals surface area contributed by atoms with Crippen molar-refractivity contribution < 1.29 is 18.7 Å². The minimum atomic E-state index is -0.911. The summed E-state index contributed by atoms with van der Waals surface area (Å²) in [6.07, 6.45) is 0. The van der Waals surface area contributed by atoms with Gasteiger partial charge in [0.2, 0.25) is 5.43 Å². The van der Waals surface area contributed by atoms with Gasteiger partial charge in [0.1, 0.15) is 29.8 Å². The molecule has 0 fully saturated rings. The highest BCUT2D eigenvalue weighted by Crippen LogP contribution is 2.30. The lowest BCUT2D eigenvalue weighted by atomic mass is 10.1. The van der Waals surface area contributed by atoms with Gasteiger partial charge in [0.25, 0.3) is 0 Å². The Hall–Kier alpha value is -3.37. The third kappa shape index (κ3) is 4.57. The van der Waals surface area contributed by atoms with Crippen LogP contribution in [-0.4, -0.2) is 44.8 Å². The zero-order chi connectivity index (χ0) is 24.4. The number of aliphatic hydroxyl groups is 1. The second-order valence-electron chi connectivity index (χ2n) is 7.44. The zero-order valence-corrected chi connectivity index (χ0v) is 18.9. The molecule has 3 rings (SSSR count). The molecule has 3 N–H and O–H groups in total. The van der Waals surface area contributed by atoms with Crippen molar-refractivity contribution in [1.29, 1.82) is 5.41 Å². The summed E-state index contributed by atoms with van der Waals surface area (Å²) >= 11 is 6.12. The number of amidine groups is 1. The fraction of sp³-hybridized carbons (Fsp3) is 0.273. The Balaban J connectivity index is 2.21. The number of hydrogen-bond acceptors (Lipinski definition) is 5. The quantitative estimate of drug-likeness (QED) is 0.373. The standard InChI is InChI=1S/C22H22ClF2N5O3/c1-4-29(18(26)10-31)22(33)27-16-9-17-12(8-15(16)25)21(32)20(28-30(17)11(2)3)19-13(23)6-5-7-14(19)24/h5-9,11,26,31H,4,10H2,1-3H3,(H,27,33). The molecule has 174 valence electrons. The summed E-state index contributed by atoms with van der Waals surface area (Å²) in [4.78, 5) is 26.6. The second-order valence-corrected chi connectivity index (χ2v) is 7.85. The number of nitrogens with zero attached hydrogens (tertiary/aromatic N) is 3. The molecule has 0 atom stereocenters. The lowest BCUT2D eigenvalue weighted by Crippen LogP contribution is -2.41. The molecule has 1 aromatic heterocycles. The molecule has 2 amide bonds. The van der Waals surface area contributed by atoms with E-state index < -0.39 is 29.7 Å². The Morgan fingerprint density at radius 3 is 2.58 bits per heavy atom. The predicted molar refractivity (Wildman–Crippen MR) is 123 cm³/mol. The van der Waals surface area contributed by atoms with E-state index in [1.54, 1.807) is 20.8 Å². The molecule has 0 unspecified atom stereocenters. The molecular formula is C22H22ClF2N5O3. The smallest absolute Gasteiger partial charge is 0.327 e. The van der Waals surface area contributed by atoms with Crippen LogP contribution in [0.5, 0.6) is 0 Å². The lowest BCUT2D eigenvalue weighted by molar-refractivity contribution is 0.231. The fourth-order valence-corrected chi connectivity index (χ4v) is 3.62. The van der Waals surface area contributed by atoms with E-state index in [-0.39, 0.29) is 51.3 Å². The van der Waals surface area contributed by atoms with E-state index >= 15 is 0 Å². The maximum Gasteiger partial charge on any atom is 0.327 e. The Bertz CT molecular complexity index is 1290. The molecule has 33 heavy (non-hydrogen) atoms. The Morgan fingerprint density at radius 2 is 2.00 bits per heavy atom. The van der Waals surface area contributed by atoms with Crippen LogP contribution < -0.4 is 10.7 Å². The number of aromatic nitrogens is 2. The fourth-order valence-electron chi connectivity index (χ4n) is 3.37. The van der Waals surface area contributed by atoms with Crippen LogP contribution in [0.15, 0.2) is 35.1 Å². The van der Waals surface area contributed by atoms with Gasteiger partial charge in [-0.25, -0.2) is 13.6 Å². The number of anilines is 1. The number of benzene rings is 2. The van der Waals surface area contributed by atoms with Crippen molar-refractivity contribution in [2.75, 3.05) is 18.5 Å². The molecule has 0 spiro atoms. The van der Waals surface area contributed by atoms with Gasteiger partial charge in [0, 0.05) is 12.6 Å². The number of urea groups is 1. The minimum absolute atomic E-state index is 0.00963. The van der Waals surface area contributed by atoms with Gasteiger partial charge in [-0.3, -0.25) is 19.8 Å². The van der Waals surface area contributed by atoms with E-state index in [0.29, 0.717) is 0 Å². The Kier molecular flexibility index (Phi) is 7.09. The Labute approximate surface area is 192 Å². The first kappa shape index (κ1) is 24.3. The summed E-state index contributed by atoms with van der Waals surface area (Å²) < 4.78 is 30.9. The number of carbonyl (C=O) groups is 1. The number of fused-ring (bicyclic) bond motifs is 1. The van der Waals surface area contributed by atoms with Crippen molar-refractivity contribution in [3.05, 3.63) is 57.2 Å². The summed E-state index contributed by atoms with van der Waals surface area (Å²) in [6.45, 7) is 4.54. The van der Waals surface area contributed by atoms with E-state index in [9.17, 15) is 18.4 Å². The highest BCUT2D eigenvalue weighted by Gasteiger charge is 2.23. The van der Waals surface area contributed by atoms with Crippen molar-refractivity contribution in [2.24, 2.45) is 0 Å². The van der Waals surface area contributed by atoms with Gasteiger partial charge in [-0.05, 0) is 45.0 Å². The first-order valence-corrected chi connectivity index (χ1v) is 10.5. The molecule has 0 aliphatic heterocycles. The minimum Gasteiger partial charge on any atom is -0.388 e. The second kappa shape index (κ2) is 9.63. The number of amides is 2. The highest BCUT2D eigenvalue weighted by molar-refractivity contribution is 6.33. The number of aliphatic hydroxyl groups excluding tert-OH is 1. The SMILES string of the molecule is CCN(C(=N)CO)C(=O)Nc1cc2c(cc1F)c(=O)c(-c1c(F)cccc1Cl)nn2C(C)C. The van der Waals surface area contributed by atoms with Crippen molar-refractivity contribution in [3.63, 3.8) is 0 Å². The van der Waals surface area contributed by atoms with Crippen LogP contribution in [0.1, 0.15) is 26.8 Å². The summed E-state index contributed by atoms with van der Waals surface area (Å²) in [5.41, 5.74) is -1.20. The van der Waals surface area contributed by atoms with E-state index in [1.807, 2.05) is 0 Å². The third-order valence-electron chi connectivity index (χ3n) is 4.97. The van der Waals surface area contributed by atoms with Gasteiger partial charge in [-0.2, -0.15) is 5.10 Å². The molecule has 0 bridgehead atoms. The van der Waals surface area contributed by atoms with Crippen LogP contribution in [0.3, 0.4) is 0 Å². The summed E-state index contributed by atoms with van der Waals surface area (Å²) in [5.74, 6) is -2.01. The van der Waals surface area contributed by atoms with Crippen LogP contribution in [0.4, 0.5) is 19.3 Å². The van der Waals surface area contributed by atoms with Gasteiger partial charge in [0.15, 0.2) is 0 Å². The molecule has 3 aromatic rings. The summed E-state index contributed by atoms with van der Waals surface area (Å²) in [5, 5.41) is 23.4. The van der Waals surface area contributed by atoms with Crippen molar-refractivity contribution in [1.82, 2.24) is 14.7 Å². The van der Waals surface area contributed by atoms with E-state index in [1.165, 1.54) is 22.9 Å². The summed E-state index contributed by atoms with van der Waals surface area (Å²) in [6, 6.07) is 5.02. The molecule has 0 aliphatic carbocycles. The van der Waals surface area contributed by atoms with Crippen LogP contribution in [0.25, 0.3) is 22.2 Å². The van der Waals surface area contributed by atoms with Gasteiger partial charge < -0.3 is 10.4 Å². The van der Waals surface area contributed by atoms with E-state index in [0.717, 1.165) is 17.0 Å². The molecule has 0 aliphatic rings. The average molecular weight is 478 g/mol. The van der Waals surface area contributed by atoms with E-state index in [4.69, 9.17) is 22.1 Å². The maximum atomic E-state index is 14.9. The summed E-state index contributed by atoms with van der Waals surface area (Å²) in [7, 11) is 0. The normalized spacial score (nSPS) is 11.2. The first-order chi connectivity index (χ1) is 15.6. The molecule has 11 heteroatoms. The molecular weight excluding hydrogens is 456 g/mol. The number of likely N-dealkylation sites (N-methyl/N-ethyl adjacent to an activating group) is 1. The van der Waals surface area contributed by atoms with Crippen molar-refractivity contribution in [3.8, 4) is 11.3 Å². The number of nitrogens with one attached hydrogen (secondary N) is 2. The predicted octanol–water partition coefficient (Wildman–Crippen LogP) is 4.40. The molecule has 1 heterocycles. The topological polar surface area (TPSA) is 111 Å². The Morgan fingerprint density at radius 1 is 1.30 bits per heavy atom. The molecule has 8 nitrogen and oxygen atoms in total. The first-order valence-electron chi connectivity index (χ1n) is 10.1. The third-order valence-corrected chi connectivity index (χ3v) is 5.28. The van der Waals surface area contributed by atoms with E-state index in [2.05, 4.69) is 10.4 Å². The average Bonchev–Trinajstić information content (AvgIpc) is 2.76. The molecule has 0 saturated heterocycles. The van der Waals surface area contributed by atoms with Crippen LogP contribution >= 0.6 is 11.6 Å². The number of hydrogen-bond donors (Lipinski definition) is 3. The van der Waals surface area contributed by atoms with Crippen LogP contribution in [-0.2, 0) is 0 Å². The maximum absolute atomic E-state index is 14.9. The van der Waals surface area contributed by atoms with Crippen LogP contribution in [0, 0.1) is 17.0 Å². The van der Waals surface area contributed by atoms with Crippen molar-refractivity contribution in [2.45, 2.75) is 26.8 Å². The number of carbonyl (C=O) groups excluding carboxylic acids is 1. The van der Waals surface area contributed by atoms with Gasteiger partial charge in [-0.15, -0.1) is 0 Å². The number of rotatable bonds is 5. The van der Waals surface area contributed by atoms with Crippen molar-refractivity contribution >= 4 is 40.1 Å². The highest BCUT2D eigenvalue weighted by atomic mass is 35.5.